The van der Waals surface area contributed by atoms with Gasteiger partial charge in [-0.2, -0.15) is 0 Å². The first-order chi connectivity index (χ1) is 16.3. The van der Waals surface area contributed by atoms with Crippen molar-refractivity contribution in [2.75, 3.05) is 25.9 Å². The van der Waals surface area contributed by atoms with Crippen molar-refractivity contribution in [2.45, 2.75) is 45.7 Å². The fourth-order valence-electron chi connectivity index (χ4n) is 4.20. The van der Waals surface area contributed by atoms with Crippen LogP contribution in [0.3, 0.4) is 0 Å². The molecule has 0 radical (unpaired) electrons. The Kier molecular flexibility index (Phi) is 6.26. The molecule has 4 rings (SSSR count). The summed E-state index contributed by atoms with van der Waals surface area (Å²) in [6.07, 6.45) is 1.09. The summed E-state index contributed by atoms with van der Waals surface area (Å²) in [6, 6.07) is 9.62. The molecule has 2 heterocycles. The van der Waals surface area contributed by atoms with E-state index >= 15 is 0 Å². The van der Waals surface area contributed by atoms with Crippen molar-refractivity contribution in [2.24, 2.45) is 10.3 Å². The van der Waals surface area contributed by atoms with Crippen LogP contribution < -0.4 is 25.9 Å². The molecule has 11 heteroatoms. The number of hydrogen-bond acceptors (Lipinski definition) is 6. The molecule has 2 aromatic carbocycles. The standard InChI is InChI=1S/C23H25N7O4/c1-13-8-22(33)24-18-6-4-17(11-21(18)29(13)12-31)27-28-26-16-5-7-20-19(10-16)25-23(34)9-14(2)30(20)15(3)32/h4-7,10-14H,8-9H2,1-3H3,(H,24,33)(H,25,34)(H,26,27). The van der Waals surface area contributed by atoms with Crippen LogP contribution in [-0.4, -0.2) is 36.2 Å². The van der Waals surface area contributed by atoms with Crippen molar-refractivity contribution in [1.29, 1.82) is 0 Å². The molecule has 34 heavy (non-hydrogen) atoms. The summed E-state index contributed by atoms with van der Waals surface area (Å²) in [6.45, 7) is 5.09. The zero-order valence-electron chi connectivity index (χ0n) is 19.0. The predicted molar refractivity (Wildman–Crippen MR) is 128 cm³/mol. The first kappa shape index (κ1) is 22.9. The van der Waals surface area contributed by atoms with Gasteiger partial charge in [0.15, 0.2) is 0 Å². The van der Waals surface area contributed by atoms with E-state index < -0.39 is 0 Å². The zero-order chi connectivity index (χ0) is 24.4. The van der Waals surface area contributed by atoms with Gasteiger partial charge in [0.2, 0.25) is 24.1 Å². The number of fused-ring (bicyclic) bond motifs is 2. The fourth-order valence-corrected chi connectivity index (χ4v) is 4.20. The highest BCUT2D eigenvalue weighted by atomic mass is 16.2. The molecular weight excluding hydrogens is 438 g/mol. The van der Waals surface area contributed by atoms with Crippen LogP contribution in [0.5, 0.6) is 0 Å². The zero-order valence-corrected chi connectivity index (χ0v) is 19.0. The van der Waals surface area contributed by atoms with E-state index in [9.17, 15) is 19.2 Å². The predicted octanol–water partition coefficient (Wildman–Crippen LogP) is 3.57. The average molecular weight is 463 g/mol. The largest absolute Gasteiger partial charge is 0.324 e. The highest BCUT2D eigenvalue weighted by Gasteiger charge is 2.28. The molecule has 0 fully saturated rings. The van der Waals surface area contributed by atoms with Crippen LogP contribution in [0.1, 0.15) is 33.6 Å². The van der Waals surface area contributed by atoms with Crippen LogP contribution in [0.25, 0.3) is 0 Å². The van der Waals surface area contributed by atoms with Crippen LogP contribution in [0.2, 0.25) is 0 Å². The van der Waals surface area contributed by atoms with E-state index in [1.54, 1.807) is 48.2 Å². The lowest BCUT2D eigenvalue weighted by molar-refractivity contribution is -0.118. The van der Waals surface area contributed by atoms with Crippen molar-refractivity contribution < 1.29 is 19.2 Å². The van der Waals surface area contributed by atoms with E-state index in [0.717, 1.165) is 0 Å². The summed E-state index contributed by atoms with van der Waals surface area (Å²) in [7, 11) is 0. The molecule has 0 saturated carbocycles. The number of hydrogen-bond donors (Lipinski definition) is 3. The smallest absolute Gasteiger partial charge is 0.226 e. The highest BCUT2D eigenvalue weighted by molar-refractivity contribution is 6.04. The van der Waals surface area contributed by atoms with Crippen molar-refractivity contribution in [3.63, 3.8) is 0 Å². The second-order valence-electron chi connectivity index (χ2n) is 8.35. The van der Waals surface area contributed by atoms with Gasteiger partial charge in [0.05, 0.1) is 34.1 Å². The van der Waals surface area contributed by atoms with Gasteiger partial charge in [-0.3, -0.25) is 24.6 Å². The Morgan fingerprint density at radius 3 is 2.41 bits per heavy atom. The molecule has 2 unspecified atom stereocenters. The molecule has 11 nitrogen and oxygen atoms in total. The molecule has 0 aromatic heterocycles. The first-order valence-electron chi connectivity index (χ1n) is 10.8. The summed E-state index contributed by atoms with van der Waals surface area (Å²) < 4.78 is 0. The number of nitrogens with zero attached hydrogens (tertiary/aromatic N) is 4. The number of nitrogens with one attached hydrogen (secondary N) is 3. The minimum Gasteiger partial charge on any atom is -0.324 e. The summed E-state index contributed by atoms with van der Waals surface area (Å²) in [5, 5.41) is 13.8. The molecule has 3 N–H and O–H groups in total. The van der Waals surface area contributed by atoms with E-state index in [-0.39, 0.29) is 42.6 Å². The number of carbonyl (C=O) groups excluding carboxylic acids is 4. The summed E-state index contributed by atoms with van der Waals surface area (Å²) >= 11 is 0. The van der Waals surface area contributed by atoms with Crippen molar-refractivity contribution >= 4 is 58.3 Å². The number of anilines is 5. The SMILES string of the molecule is CC(=O)N1c2ccc(NN=Nc3ccc4c(c3)N(C=O)C(C)CC(=O)N4)cc2NC(=O)CC1C. The summed E-state index contributed by atoms with van der Waals surface area (Å²) in [4.78, 5) is 51.0. The maximum absolute atomic E-state index is 12.2. The monoisotopic (exact) mass is 463 g/mol. The van der Waals surface area contributed by atoms with E-state index in [1.165, 1.54) is 11.8 Å². The number of carbonyl (C=O) groups is 4. The maximum atomic E-state index is 12.2. The van der Waals surface area contributed by atoms with Gasteiger partial charge in [-0.05, 0) is 50.2 Å². The van der Waals surface area contributed by atoms with Gasteiger partial charge in [-0.1, -0.05) is 5.22 Å². The van der Waals surface area contributed by atoms with Crippen LogP contribution in [-0.2, 0) is 19.2 Å². The number of rotatable bonds is 4. The van der Waals surface area contributed by atoms with Gasteiger partial charge in [0, 0.05) is 31.8 Å². The molecule has 4 amide bonds. The second-order valence-corrected chi connectivity index (χ2v) is 8.35. The number of amides is 4. The Bertz CT molecular complexity index is 1200. The molecule has 2 aliphatic rings. The van der Waals surface area contributed by atoms with Gasteiger partial charge in [-0.15, -0.1) is 5.11 Å². The van der Waals surface area contributed by atoms with Crippen molar-refractivity contribution in [3.8, 4) is 0 Å². The molecule has 0 aliphatic carbocycles. The summed E-state index contributed by atoms with van der Waals surface area (Å²) in [5.74, 6) is -0.492. The lowest BCUT2D eigenvalue weighted by Gasteiger charge is -2.26. The average Bonchev–Trinajstić information content (AvgIpc) is 2.97. The molecule has 2 atom stereocenters. The van der Waals surface area contributed by atoms with E-state index in [4.69, 9.17) is 0 Å². The topological polar surface area (TPSA) is 136 Å². The third-order valence-electron chi connectivity index (χ3n) is 5.74. The Balaban J connectivity index is 1.56. The normalized spacial score (nSPS) is 20.0. The second kappa shape index (κ2) is 9.30. The lowest BCUT2D eigenvalue weighted by Crippen LogP contribution is -2.37. The van der Waals surface area contributed by atoms with Crippen LogP contribution >= 0.6 is 0 Å². The molecule has 0 spiro atoms. The molecule has 2 aliphatic heterocycles. The van der Waals surface area contributed by atoms with Crippen LogP contribution in [0, 0.1) is 0 Å². The van der Waals surface area contributed by atoms with E-state index in [0.29, 0.717) is 40.5 Å². The first-order valence-corrected chi connectivity index (χ1v) is 10.8. The lowest BCUT2D eigenvalue weighted by atomic mass is 10.1. The molecule has 0 saturated heterocycles. The minimum atomic E-state index is -0.295. The molecule has 2 aromatic rings. The van der Waals surface area contributed by atoms with Crippen molar-refractivity contribution in [1.82, 2.24) is 0 Å². The van der Waals surface area contributed by atoms with Gasteiger partial charge >= 0.3 is 0 Å². The van der Waals surface area contributed by atoms with Gasteiger partial charge in [0.1, 0.15) is 0 Å². The summed E-state index contributed by atoms with van der Waals surface area (Å²) in [5.41, 5.74) is 6.03. The Labute approximate surface area is 196 Å². The van der Waals surface area contributed by atoms with E-state index in [2.05, 4.69) is 26.4 Å². The number of benzene rings is 2. The van der Waals surface area contributed by atoms with Crippen LogP contribution in [0.15, 0.2) is 46.7 Å². The third-order valence-corrected chi connectivity index (χ3v) is 5.74. The highest BCUT2D eigenvalue weighted by Crippen LogP contribution is 2.35. The molecule has 176 valence electrons. The maximum Gasteiger partial charge on any atom is 0.226 e. The molecular formula is C23H25N7O4. The van der Waals surface area contributed by atoms with Gasteiger partial charge < -0.3 is 20.4 Å². The fraction of sp³-hybridized carbons (Fsp3) is 0.304. The molecule has 0 bridgehead atoms. The Hall–Kier alpha value is -4.28. The van der Waals surface area contributed by atoms with Gasteiger partial charge in [0.25, 0.3) is 0 Å². The van der Waals surface area contributed by atoms with Crippen molar-refractivity contribution in [3.05, 3.63) is 36.4 Å². The van der Waals surface area contributed by atoms with Crippen LogP contribution in [0.4, 0.5) is 34.1 Å². The van der Waals surface area contributed by atoms with Gasteiger partial charge in [-0.25, -0.2) is 0 Å². The van der Waals surface area contributed by atoms with E-state index in [1.807, 2.05) is 6.92 Å². The Morgan fingerprint density at radius 1 is 1.00 bits per heavy atom. The Morgan fingerprint density at radius 2 is 1.71 bits per heavy atom. The minimum absolute atomic E-state index is 0.149. The third kappa shape index (κ3) is 4.58. The quantitative estimate of drug-likeness (QED) is 0.362.